The molecule has 2 amide bonds. The van der Waals surface area contributed by atoms with Crippen molar-refractivity contribution in [1.82, 2.24) is 9.80 Å². The fraction of sp³-hybridized carbons (Fsp3) is 0.333. The van der Waals surface area contributed by atoms with E-state index in [0.29, 0.717) is 49.2 Å². The summed E-state index contributed by atoms with van der Waals surface area (Å²) >= 11 is 0. The topological polar surface area (TPSA) is 93.1 Å². The number of β-amino-alcohol motifs (C(OH)–C–C–N with tert-alkyl or cyclic N) is 1. The van der Waals surface area contributed by atoms with Gasteiger partial charge in [-0.05, 0) is 12.1 Å². The van der Waals surface area contributed by atoms with Gasteiger partial charge in [0.15, 0.2) is 0 Å². The molecule has 0 bridgehead atoms. The third-order valence-corrected chi connectivity index (χ3v) is 4.42. The van der Waals surface area contributed by atoms with Crippen molar-refractivity contribution in [3.8, 4) is 5.75 Å². The number of aliphatic hydroxyl groups is 1. The number of fused-ring (bicyclic) bond motifs is 1. The van der Waals surface area contributed by atoms with Crippen molar-refractivity contribution in [3.05, 3.63) is 36.4 Å². The summed E-state index contributed by atoms with van der Waals surface area (Å²) in [4.78, 5) is 28.3. The number of phenolic OH excluding ortho intramolecular Hbond substituents is 1. The number of aliphatic hydroxyl groups excluding tert-OH is 1. The molecule has 1 aliphatic heterocycles. The number of nitrogens with one attached hydrogen (secondary N) is 1. The Bertz CT molecular complexity index is 785. The quantitative estimate of drug-likeness (QED) is 0.711. The van der Waals surface area contributed by atoms with Crippen LogP contribution in [0.4, 0.5) is 5.69 Å². The Morgan fingerprint density at radius 3 is 2.40 bits per heavy atom. The number of hydrogen-bond donors (Lipinski definition) is 3. The van der Waals surface area contributed by atoms with Gasteiger partial charge in [0.05, 0.1) is 6.61 Å². The fourth-order valence-corrected chi connectivity index (χ4v) is 3.04. The number of carbonyl (C=O) groups is 2. The molecule has 0 unspecified atom stereocenters. The normalized spacial score (nSPS) is 15.3. The van der Waals surface area contributed by atoms with Gasteiger partial charge in [-0.2, -0.15) is 0 Å². The highest BCUT2D eigenvalue weighted by molar-refractivity contribution is 6.40. The van der Waals surface area contributed by atoms with Gasteiger partial charge in [-0.1, -0.05) is 24.3 Å². The molecule has 0 atom stereocenters. The molecule has 25 heavy (non-hydrogen) atoms. The molecule has 1 saturated heterocycles. The van der Waals surface area contributed by atoms with Crippen LogP contribution in [0.15, 0.2) is 36.4 Å². The number of benzene rings is 2. The van der Waals surface area contributed by atoms with Crippen molar-refractivity contribution in [2.24, 2.45) is 0 Å². The lowest BCUT2D eigenvalue weighted by molar-refractivity contribution is -0.144. The Balaban J connectivity index is 1.69. The van der Waals surface area contributed by atoms with Gasteiger partial charge in [0.2, 0.25) is 0 Å². The van der Waals surface area contributed by atoms with Crippen molar-refractivity contribution in [3.63, 3.8) is 0 Å². The third kappa shape index (κ3) is 3.72. The molecule has 0 aromatic heterocycles. The molecular formula is C18H21N3O4. The lowest BCUT2D eigenvalue weighted by Gasteiger charge is -2.33. The van der Waals surface area contributed by atoms with Gasteiger partial charge in [-0.15, -0.1) is 0 Å². The molecule has 0 radical (unpaired) electrons. The Hall–Kier alpha value is -2.64. The third-order valence-electron chi connectivity index (χ3n) is 4.42. The van der Waals surface area contributed by atoms with Crippen molar-refractivity contribution in [1.29, 1.82) is 0 Å². The van der Waals surface area contributed by atoms with Crippen molar-refractivity contribution in [2.75, 3.05) is 44.6 Å². The number of nitrogens with zero attached hydrogens (tertiary/aromatic N) is 2. The molecular weight excluding hydrogens is 322 g/mol. The number of aromatic hydroxyl groups is 1. The molecule has 1 fully saturated rings. The molecule has 3 rings (SSSR count). The van der Waals surface area contributed by atoms with Crippen LogP contribution in [0.3, 0.4) is 0 Å². The van der Waals surface area contributed by atoms with Crippen LogP contribution in [-0.4, -0.2) is 71.2 Å². The number of amides is 2. The number of hydrogen-bond acceptors (Lipinski definition) is 5. The lowest BCUT2D eigenvalue weighted by Crippen LogP contribution is -2.52. The minimum absolute atomic E-state index is 0.0857. The van der Waals surface area contributed by atoms with E-state index in [2.05, 4.69) is 10.2 Å². The molecule has 0 saturated carbocycles. The maximum Gasteiger partial charge on any atom is 0.313 e. The smallest absolute Gasteiger partial charge is 0.313 e. The van der Waals surface area contributed by atoms with E-state index in [1.807, 2.05) is 0 Å². The standard InChI is InChI=1S/C18H21N3O4/c22-12-11-20-7-9-21(10-8-20)18(25)17(24)19-15-5-1-4-14-13(15)3-2-6-16(14)23/h1-6,22-23H,7-12H2,(H,19,24). The minimum Gasteiger partial charge on any atom is -0.507 e. The molecule has 7 nitrogen and oxygen atoms in total. The molecule has 2 aromatic rings. The predicted octanol–water partition coefficient (Wildman–Crippen LogP) is 0.620. The molecule has 1 aliphatic rings. The van der Waals surface area contributed by atoms with Gasteiger partial charge < -0.3 is 20.4 Å². The van der Waals surface area contributed by atoms with E-state index in [1.165, 1.54) is 4.90 Å². The van der Waals surface area contributed by atoms with Gasteiger partial charge in [0.25, 0.3) is 0 Å². The van der Waals surface area contributed by atoms with Crippen LogP contribution < -0.4 is 5.32 Å². The summed E-state index contributed by atoms with van der Waals surface area (Å²) in [7, 11) is 0. The number of carbonyl (C=O) groups excluding carboxylic acids is 2. The summed E-state index contributed by atoms with van der Waals surface area (Å²) in [5.74, 6) is -1.13. The molecule has 0 spiro atoms. The summed E-state index contributed by atoms with van der Waals surface area (Å²) in [6, 6.07) is 10.2. The Labute approximate surface area is 145 Å². The second-order valence-corrected chi connectivity index (χ2v) is 5.99. The summed E-state index contributed by atoms with van der Waals surface area (Å²) in [6.07, 6.45) is 0. The second-order valence-electron chi connectivity index (χ2n) is 5.99. The molecule has 1 heterocycles. The van der Waals surface area contributed by atoms with Crippen molar-refractivity contribution >= 4 is 28.3 Å². The monoisotopic (exact) mass is 343 g/mol. The first kappa shape index (κ1) is 17.2. The highest BCUT2D eigenvalue weighted by Gasteiger charge is 2.26. The maximum absolute atomic E-state index is 12.4. The number of piperazine rings is 1. The average molecular weight is 343 g/mol. The molecule has 3 N–H and O–H groups in total. The maximum atomic E-state index is 12.4. The summed E-state index contributed by atoms with van der Waals surface area (Å²) in [5, 5.41) is 22.8. The van der Waals surface area contributed by atoms with Crippen LogP contribution in [0.5, 0.6) is 5.75 Å². The highest BCUT2D eigenvalue weighted by Crippen LogP contribution is 2.29. The Morgan fingerprint density at radius 1 is 1.00 bits per heavy atom. The van der Waals surface area contributed by atoms with E-state index in [4.69, 9.17) is 5.11 Å². The van der Waals surface area contributed by atoms with Crippen LogP contribution in [0.2, 0.25) is 0 Å². The Morgan fingerprint density at radius 2 is 1.68 bits per heavy atom. The molecule has 7 heteroatoms. The second kappa shape index (κ2) is 7.50. The zero-order chi connectivity index (χ0) is 17.8. The van der Waals surface area contributed by atoms with E-state index in [1.54, 1.807) is 36.4 Å². The first-order chi connectivity index (χ1) is 12.1. The SMILES string of the molecule is O=C(Nc1cccc2c(O)cccc12)C(=O)N1CCN(CCO)CC1. The molecule has 0 aliphatic carbocycles. The van der Waals surface area contributed by atoms with E-state index in [0.717, 1.165) is 0 Å². The minimum atomic E-state index is -0.688. The molecule has 132 valence electrons. The van der Waals surface area contributed by atoms with Crippen LogP contribution in [0.1, 0.15) is 0 Å². The van der Waals surface area contributed by atoms with Crippen LogP contribution in [-0.2, 0) is 9.59 Å². The zero-order valence-corrected chi connectivity index (χ0v) is 13.8. The Kier molecular flexibility index (Phi) is 5.16. The van der Waals surface area contributed by atoms with Crippen LogP contribution in [0.25, 0.3) is 10.8 Å². The average Bonchev–Trinajstić information content (AvgIpc) is 2.63. The van der Waals surface area contributed by atoms with Crippen molar-refractivity contribution in [2.45, 2.75) is 0 Å². The van der Waals surface area contributed by atoms with Gasteiger partial charge in [0.1, 0.15) is 5.75 Å². The van der Waals surface area contributed by atoms with E-state index in [9.17, 15) is 14.7 Å². The van der Waals surface area contributed by atoms with Gasteiger partial charge in [-0.3, -0.25) is 14.5 Å². The van der Waals surface area contributed by atoms with E-state index >= 15 is 0 Å². The van der Waals surface area contributed by atoms with E-state index in [-0.39, 0.29) is 12.4 Å². The van der Waals surface area contributed by atoms with E-state index < -0.39 is 11.8 Å². The largest absolute Gasteiger partial charge is 0.507 e. The van der Waals surface area contributed by atoms with Crippen molar-refractivity contribution < 1.29 is 19.8 Å². The first-order valence-electron chi connectivity index (χ1n) is 8.24. The van der Waals surface area contributed by atoms with Crippen LogP contribution in [0, 0.1) is 0 Å². The summed E-state index contributed by atoms with van der Waals surface area (Å²) in [5.41, 5.74) is 0.491. The van der Waals surface area contributed by atoms with Crippen LogP contribution >= 0.6 is 0 Å². The lowest BCUT2D eigenvalue weighted by atomic mass is 10.1. The highest BCUT2D eigenvalue weighted by atomic mass is 16.3. The molecule has 2 aromatic carbocycles. The number of phenols is 1. The summed E-state index contributed by atoms with van der Waals surface area (Å²) in [6.45, 7) is 2.87. The number of anilines is 1. The van der Waals surface area contributed by atoms with Gasteiger partial charge in [0, 0.05) is 49.2 Å². The van der Waals surface area contributed by atoms with Gasteiger partial charge in [-0.25, -0.2) is 0 Å². The predicted molar refractivity (Wildman–Crippen MR) is 94.3 cm³/mol. The zero-order valence-electron chi connectivity index (χ0n) is 13.8. The number of rotatable bonds is 3. The summed E-state index contributed by atoms with van der Waals surface area (Å²) < 4.78 is 0. The fourth-order valence-electron chi connectivity index (χ4n) is 3.04. The first-order valence-corrected chi connectivity index (χ1v) is 8.24. The van der Waals surface area contributed by atoms with Gasteiger partial charge >= 0.3 is 11.8 Å².